The Labute approximate surface area is 121 Å². The minimum Gasteiger partial charge on any atom is -0.471 e. The minimum absolute atomic E-state index is 0.231. The van der Waals surface area contributed by atoms with Crippen molar-refractivity contribution in [3.8, 4) is 0 Å². The maximum atomic E-state index is 12.0. The van der Waals surface area contributed by atoms with Crippen LogP contribution in [0.25, 0.3) is 0 Å². The zero-order valence-electron chi connectivity index (χ0n) is 11.6. The van der Waals surface area contributed by atoms with Crippen molar-refractivity contribution in [3.63, 3.8) is 0 Å². The van der Waals surface area contributed by atoms with Gasteiger partial charge >= 0.3 is 11.9 Å². The Morgan fingerprint density at radius 1 is 1.48 bits per heavy atom. The molecule has 3 aliphatic heterocycles. The van der Waals surface area contributed by atoms with Gasteiger partial charge in [0.15, 0.2) is 5.60 Å². The summed E-state index contributed by atoms with van der Waals surface area (Å²) in [5.74, 6) is -1.31. The van der Waals surface area contributed by atoms with E-state index in [2.05, 4.69) is 0 Å². The van der Waals surface area contributed by atoms with Crippen LogP contribution in [-0.2, 0) is 28.5 Å². The maximum Gasteiger partial charge on any atom is 0.337 e. The number of rotatable bonds is 1. The van der Waals surface area contributed by atoms with E-state index in [-0.39, 0.29) is 17.8 Å². The smallest absolute Gasteiger partial charge is 0.337 e. The number of ether oxygens (including phenoxy) is 4. The van der Waals surface area contributed by atoms with E-state index >= 15 is 0 Å². The molecule has 0 bridgehead atoms. The summed E-state index contributed by atoms with van der Waals surface area (Å²) in [6.07, 6.45) is 5.77. The molecule has 6 nitrogen and oxygen atoms in total. The van der Waals surface area contributed by atoms with Crippen LogP contribution in [0.3, 0.4) is 0 Å². The van der Waals surface area contributed by atoms with Crippen molar-refractivity contribution in [2.75, 3.05) is 7.11 Å². The number of methoxy groups -OCH3 is 1. The first-order chi connectivity index (χ1) is 10.1. The first kappa shape index (κ1) is 12.6. The van der Waals surface area contributed by atoms with Crippen LogP contribution in [0.5, 0.6) is 0 Å². The van der Waals surface area contributed by atoms with E-state index in [1.165, 1.54) is 13.4 Å². The summed E-state index contributed by atoms with van der Waals surface area (Å²) in [6, 6.07) is 0. The van der Waals surface area contributed by atoms with Gasteiger partial charge < -0.3 is 18.9 Å². The van der Waals surface area contributed by atoms with Crippen LogP contribution in [0, 0.1) is 11.8 Å². The molecule has 0 aromatic heterocycles. The summed E-state index contributed by atoms with van der Waals surface area (Å²) < 4.78 is 21.8. The van der Waals surface area contributed by atoms with Gasteiger partial charge in [-0.05, 0) is 13.0 Å². The molecule has 6 heteroatoms. The van der Waals surface area contributed by atoms with E-state index in [4.69, 9.17) is 18.9 Å². The zero-order chi connectivity index (χ0) is 14.8. The normalized spacial score (nSPS) is 44.0. The minimum atomic E-state index is -0.873. The van der Waals surface area contributed by atoms with Gasteiger partial charge in [0, 0.05) is 5.92 Å². The van der Waals surface area contributed by atoms with Gasteiger partial charge in [0.2, 0.25) is 6.29 Å². The highest BCUT2D eigenvalue weighted by molar-refractivity contribution is 5.94. The van der Waals surface area contributed by atoms with Crippen molar-refractivity contribution in [1.82, 2.24) is 0 Å². The second kappa shape index (κ2) is 3.98. The lowest BCUT2D eigenvalue weighted by atomic mass is 9.78. The lowest BCUT2D eigenvalue weighted by molar-refractivity contribution is -0.152. The Bertz CT molecular complexity index is 630. The highest BCUT2D eigenvalue weighted by atomic mass is 16.7. The fourth-order valence-corrected chi connectivity index (χ4v) is 3.74. The lowest BCUT2D eigenvalue weighted by Gasteiger charge is -2.32. The van der Waals surface area contributed by atoms with Crippen LogP contribution < -0.4 is 0 Å². The molecular formula is C15H14O6. The van der Waals surface area contributed by atoms with E-state index in [0.29, 0.717) is 11.1 Å². The fourth-order valence-electron chi connectivity index (χ4n) is 3.74. The zero-order valence-corrected chi connectivity index (χ0v) is 11.6. The quantitative estimate of drug-likeness (QED) is 0.405. The van der Waals surface area contributed by atoms with Crippen molar-refractivity contribution >= 4 is 11.9 Å². The van der Waals surface area contributed by atoms with E-state index in [1.54, 1.807) is 13.0 Å². The van der Waals surface area contributed by atoms with E-state index < -0.39 is 24.0 Å². The van der Waals surface area contributed by atoms with Crippen LogP contribution in [0.1, 0.15) is 6.92 Å². The van der Waals surface area contributed by atoms with Gasteiger partial charge in [-0.3, -0.25) is 0 Å². The molecule has 2 fully saturated rings. The molecule has 110 valence electrons. The van der Waals surface area contributed by atoms with Gasteiger partial charge in [0.1, 0.15) is 6.10 Å². The standard InChI is InChI=1S/C15H14O6/c1-3-7-11-15(21-13(7)17)5-4-8-9(12(16)18-2)6-19-14(20-11)10(8)15/h3-6,8,10-11,14H,1-2H3. The highest BCUT2D eigenvalue weighted by Gasteiger charge is 2.70. The summed E-state index contributed by atoms with van der Waals surface area (Å²) in [5, 5.41) is 0. The van der Waals surface area contributed by atoms with Crippen LogP contribution in [0.4, 0.5) is 0 Å². The Morgan fingerprint density at radius 2 is 2.29 bits per heavy atom. The Balaban J connectivity index is 1.78. The lowest BCUT2D eigenvalue weighted by Crippen LogP contribution is -2.43. The Morgan fingerprint density at radius 3 is 3.00 bits per heavy atom. The molecule has 0 N–H and O–H groups in total. The molecule has 3 heterocycles. The molecule has 0 radical (unpaired) electrons. The second-order valence-electron chi connectivity index (χ2n) is 5.48. The van der Waals surface area contributed by atoms with Crippen LogP contribution in [-0.4, -0.2) is 37.0 Å². The van der Waals surface area contributed by atoms with Gasteiger partial charge in [-0.25, -0.2) is 9.59 Å². The molecule has 1 spiro atoms. The topological polar surface area (TPSA) is 71.1 Å². The van der Waals surface area contributed by atoms with Gasteiger partial charge in [-0.1, -0.05) is 12.2 Å². The molecule has 21 heavy (non-hydrogen) atoms. The molecule has 1 aliphatic carbocycles. The number of allylic oxidation sites excluding steroid dienone is 2. The van der Waals surface area contributed by atoms with Crippen LogP contribution >= 0.6 is 0 Å². The number of esters is 2. The van der Waals surface area contributed by atoms with Gasteiger partial charge in [0.25, 0.3) is 0 Å². The molecule has 5 unspecified atom stereocenters. The molecule has 4 aliphatic rings. The molecule has 2 saturated heterocycles. The summed E-state index contributed by atoms with van der Waals surface area (Å²) >= 11 is 0. The molecule has 0 saturated carbocycles. The van der Waals surface area contributed by atoms with Gasteiger partial charge in [-0.2, -0.15) is 0 Å². The van der Waals surface area contributed by atoms with Crippen LogP contribution in [0.2, 0.25) is 0 Å². The largest absolute Gasteiger partial charge is 0.471 e. The number of hydrogen-bond donors (Lipinski definition) is 0. The first-order valence-electron chi connectivity index (χ1n) is 6.80. The third kappa shape index (κ3) is 1.35. The van der Waals surface area contributed by atoms with Crippen molar-refractivity contribution in [2.24, 2.45) is 11.8 Å². The molecule has 5 atom stereocenters. The predicted molar refractivity (Wildman–Crippen MR) is 68.5 cm³/mol. The summed E-state index contributed by atoms with van der Waals surface area (Å²) in [7, 11) is 1.32. The molecule has 0 amide bonds. The summed E-state index contributed by atoms with van der Waals surface area (Å²) in [5.41, 5.74) is 0.0425. The molecule has 0 aromatic carbocycles. The number of carbonyl (C=O) groups excluding carboxylic acids is 2. The molecule has 0 aromatic rings. The highest BCUT2D eigenvalue weighted by Crippen LogP contribution is 2.57. The first-order valence-corrected chi connectivity index (χ1v) is 6.80. The molecular weight excluding hydrogens is 276 g/mol. The van der Waals surface area contributed by atoms with E-state index in [0.717, 1.165) is 0 Å². The predicted octanol–water partition coefficient (Wildman–Crippen LogP) is 0.842. The van der Waals surface area contributed by atoms with Crippen LogP contribution in [0.15, 0.2) is 35.6 Å². The number of hydrogen-bond acceptors (Lipinski definition) is 6. The average molecular weight is 290 g/mol. The Hall–Kier alpha value is -2.08. The van der Waals surface area contributed by atoms with E-state index in [1.807, 2.05) is 12.2 Å². The van der Waals surface area contributed by atoms with Crippen molar-refractivity contribution in [3.05, 3.63) is 35.6 Å². The fraction of sp³-hybridized carbons (Fsp3) is 0.467. The third-order valence-corrected chi connectivity index (χ3v) is 4.65. The van der Waals surface area contributed by atoms with Gasteiger partial charge in [-0.15, -0.1) is 0 Å². The summed E-state index contributed by atoms with van der Waals surface area (Å²) in [6.45, 7) is 1.77. The average Bonchev–Trinajstić information content (AvgIpc) is 3.08. The summed E-state index contributed by atoms with van der Waals surface area (Å²) in [4.78, 5) is 23.8. The Kier molecular flexibility index (Phi) is 2.39. The van der Waals surface area contributed by atoms with E-state index in [9.17, 15) is 9.59 Å². The third-order valence-electron chi connectivity index (χ3n) is 4.65. The SMILES string of the molecule is CC=C1C(=O)OC23C=CC4C(C(=O)OC)=COC(OC12)C43. The monoisotopic (exact) mass is 290 g/mol. The van der Waals surface area contributed by atoms with Gasteiger partial charge in [0.05, 0.1) is 30.4 Å². The van der Waals surface area contributed by atoms with Crippen molar-refractivity contribution in [2.45, 2.75) is 24.9 Å². The van der Waals surface area contributed by atoms with Crippen molar-refractivity contribution < 1.29 is 28.5 Å². The maximum absolute atomic E-state index is 12.0. The second-order valence-corrected chi connectivity index (χ2v) is 5.48. The molecule has 4 rings (SSSR count). The number of carbonyl (C=O) groups is 2. The van der Waals surface area contributed by atoms with Crippen molar-refractivity contribution in [1.29, 1.82) is 0 Å².